The zero-order chi connectivity index (χ0) is 26.1. The van der Waals surface area contributed by atoms with Crippen LogP contribution in [0.5, 0.6) is 5.75 Å². The number of ether oxygens (including phenoxy) is 2. The lowest BCUT2D eigenvalue weighted by Gasteiger charge is -2.34. The molecule has 6 rings (SSSR count). The van der Waals surface area contributed by atoms with Crippen molar-refractivity contribution in [3.8, 4) is 23.2 Å². The Bertz CT molecular complexity index is 1340. The van der Waals surface area contributed by atoms with Crippen molar-refractivity contribution in [2.45, 2.75) is 57.4 Å². The summed E-state index contributed by atoms with van der Waals surface area (Å²) in [6.07, 6.45) is 10.8. The van der Waals surface area contributed by atoms with Crippen LogP contribution >= 0.6 is 0 Å². The van der Waals surface area contributed by atoms with Crippen LogP contribution in [0.25, 0.3) is 11.3 Å². The fourth-order valence-electron chi connectivity index (χ4n) is 5.31. The van der Waals surface area contributed by atoms with E-state index in [2.05, 4.69) is 16.2 Å². The van der Waals surface area contributed by atoms with E-state index in [0.717, 1.165) is 60.4 Å². The first-order valence-electron chi connectivity index (χ1n) is 13.1. The minimum absolute atomic E-state index is 0.0681. The van der Waals surface area contributed by atoms with E-state index in [0.29, 0.717) is 45.4 Å². The molecule has 0 bridgehead atoms. The quantitative estimate of drug-likeness (QED) is 0.462. The number of aromatic nitrogens is 4. The largest absolute Gasteiger partial charge is 0.487 e. The third-order valence-electron chi connectivity index (χ3n) is 7.39. The monoisotopic (exact) mass is 521 g/mol. The van der Waals surface area contributed by atoms with Gasteiger partial charge in [-0.05, 0) is 31.4 Å². The van der Waals surface area contributed by atoms with E-state index in [9.17, 15) is 14.0 Å². The second-order valence-corrected chi connectivity index (χ2v) is 9.97. The Morgan fingerprint density at radius 3 is 2.68 bits per heavy atom. The van der Waals surface area contributed by atoms with E-state index < -0.39 is 11.6 Å². The van der Waals surface area contributed by atoms with Gasteiger partial charge in [0.05, 0.1) is 24.1 Å². The zero-order valence-electron chi connectivity index (χ0n) is 21.0. The molecule has 1 atom stereocenters. The summed E-state index contributed by atoms with van der Waals surface area (Å²) in [4.78, 5) is 13.9. The third-order valence-corrected chi connectivity index (χ3v) is 7.39. The van der Waals surface area contributed by atoms with Gasteiger partial charge in [-0.25, -0.2) is 23.4 Å². The molecule has 3 aliphatic heterocycles. The van der Waals surface area contributed by atoms with Crippen molar-refractivity contribution in [2.24, 2.45) is 0 Å². The smallest absolute Gasteiger partial charge is 0.179 e. The van der Waals surface area contributed by atoms with Gasteiger partial charge in [-0.15, -0.1) is 0 Å². The number of hydrogen-bond donors (Lipinski definition) is 0. The first-order chi connectivity index (χ1) is 18.6. The summed E-state index contributed by atoms with van der Waals surface area (Å²) in [5, 5.41) is 14.0. The molecule has 1 unspecified atom stereocenters. The van der Waals surface area contributed by atoms with Gasteiger partial charge in [0.1, 0.15) is 23.8 Å². The fraction of sp³-hybridized carbons (Fsp3) is 0.481. The van der Waals surface area contributed by atoms with Gasteiger partial charge in [-0.2, -0.15) is 10.4 Å². The van der Waals surface area contributed by atoms with Gasteiger partial charge in [0.15, 0.2) is 23.6 Å². The fourth-order valence-corrected chi connectivity index (χ4v) is 5.31. The van der Waals surface area contributed by atoms with Gasteiger partial charge < -0.3 is 19.3 Å². The third kappa shape index (κ3) is 5.00. The van der Waals surface area contributed by atoms with Crippen molar-refractivity contribution in [1.29, 1.82) is 5.26 Å². The van der Waals surface area contributed by atoms with Crippen LogP contribution in [-0.4, -0.2) is 57.0 Å². The average Bonchev–Trinajstić information content (AvgIpc) is 3.45. The molecule has 5 heterocycles. The van der Waals surface area contributed by atoms with E-state index >= 15 is 0 Å². The van der Waals surface area contributed by atoms with Crippen LogP contribution in [-0.2, 0) is 17.7 Å². The molecule has 3 aromatic rings. The maximum absolute atomic E-state index is 14.1. The van der Waals surface area contributed by atoms with Gasteiger partial charge in [0, 0.05) is 63.3 Å². The molecule has 1 aromatic carbocycles. The van der Waals surface area contributed by atoms with Crippen LogP contribution < -0.4 is 9.64 Å². The lowest BCUT2D eigenvalue weighted by atomic mass is 10.1. The summed E-state index contributed by atoms with van der Waals surface area (Å²) in [6.45, 7) is 3.08. The minimum atomic E-state index is -0.694. The normalized spacial score (nSPS) is 20.2. The summed E-state index contributed by atoms with van der Waals surface area (Å²) < 4.78 is 41.0. The molecule has 0 N–H and O–H groups in total. The standard InChI is InChI=1S/C27H29F2N7O2/c28-19-4-5-24(21(29)13-19)38-20-6-10-35(11-7-20)27-26(32-23-16-34(17-30)9-8-22(23)33-27)18-14-31-36(15-18)25-3-1-2-12-37-25/h4-5,13-15,20,25H,1-3,6-12,16H2. The number of benzene rings is 1. The molecule has 38 heavy (non-hydrogen) atoms. The van der Waals surface area contributed by atoms with E-state index in [1.165, 1.54) is 12.1 Å². The Labute approximate surface area is 219 Å². The molecule has 198 valence electrons. The summed E-state index contributed by atoms with van der Waals surface area (Å²) >= 11 is 0. The van der Waals surface area contributed by atoms with E-state index in [-0.39, 0.29) is 18.1 Å². The minimum Gasteiger partial charge on any atom is -0.487 e. The summed E-state index contributed by atoms with van der Waals surface area (Å²) in [5.41, 5.74) is 3.30. The van der Waals surface area contributed by atoms with Crippen molar-refractivity contribution in [3.05, 3.63) is 53.6 Å². The first-order valence-corrected chi connectivity index (χ1v) is 13.1. The van der Waals surface area contributed by atoms with Crippen molar-refractivity contribution in [3.63, 3.8) is 0 Å². The molecule has 2 fully saturated rings. The number of anilines is 1. The molecule has 0 amide bonds. The number of rotatable bonds is 5. The lowest BCUT2D eigenvalue weighted by Crippen LogP contribution is -2.39. The zero-order valence-corrected chi connectivity index (χ0v) is 21.0. The van der Waals surface area contributed by atoms with Gasteiger partial charge in [0.2, 0.25) is 0 Å². The molecule has 2 aromatic heterocycles. The van der Waals surface area contributed by atoms with Crippen LogP contribution in [0.3, 0.4) is 0 Å². The second kappa shape index (κ2) is 10.5. The highest BCUT2D eigenvalue weighted by Gasteiger charge is 2.29. The second-order valence-electron chi connectivity index (χ2n) is 9.97. The molecular weight excluding hydrogens is 492 g/mol. The van der Waals surface area contributed by atoms with Gasteiger partial charge >= 0.3 is 0 Å². The highest BCUT2D eigenvalue weighted by Crippen LogP contribution is 2.34. The molecule has 0 radical (unpaired) electrons. The molecule has 11 heteroatoms. The Balaban J connectivity index is 1.25. The molecule has 9 nitrogen and oxygen atoms in total. The number of nitrogens with zero attached hydrogens (tertiary/aromatic N) is 7. The number of hydrogen-bond acceptors (Lipinski definition) is 8. The Kier molecular flexibility index (Phi) is 6.81. The van der Waals surface area contributed by atoms with Crippen LogP contribution in [0.1, 0.15) is 49.7 Å². The van der Waals surface area contributed by atoms with Gasteiger partial charge in [-0.3, -0.25) is 0 Å². The van der Waals surface area contributed by atoms with Crippen LogP contribution in [0, 0.1) is 23.1 Å². The first kappa shape index (κ1) is 24.6. The van der Waals surface area contributed by atoms with Crippen LogP contribution in [0.4, 0.5) is 14.6 Å². The SMILES string of the molecule is N#CN1CCc2nc(N3CCC(Oc4ccc(F)cc4F)CC3)c(-c3cnn(C4CCCCO4)c3)nc2C1. The molecule has 2 saturated heterocycles. The number of fused-ring (bicyclic) bond motifs is 1. The Hall–Kier alpha value is -3.78. The molecule has 3 aliphatic rings. The number of nitriles is 1. The van der Waals surface area contributed by atoms with Crippen molar-refractivity contribution >= 4 is 5.82 Å². The molecule has 0 spiro atoms. The maximum atomic E-state index is 14.1. The summed E-state index contributed by atoms with van der Waals surface area (Å²) in [7, 11) is 0. The highest BCUT2D eigenvalue weighted by atomic mass is 19.1. The summed E-state index contributed by atoms with van der Waals surface area (Å²) in [5.74, 6) is -0.469. The lowest BCUT2D eigenvalue weighted by molar-refractivity contribution is -0.0394. The van der Waals surface area contributed by atoms with Gasteiger partial charge in [0.25, 0.3) is 0 Å². The molecule has 0 aliphatic carbocycles. The molecular formula is C27H29F2N7O2. The Morgan fingerprint density at radius 1 is 1.05 bits per heavy atom. The van der Waals surface area contributed by atoms with Crippen molar-refractivity contribution in [1.82, 2.24) is 24.6 Å². The highest BCUT2D eigenvalue weighted by molar-refractivity contribution is 5.72. The van der Waals surface area contributed by atoms with Crippen molar-refractivity contribution < 1.29 is 18.3 Å². The maximum Gasteiger partial charge on any atom is 0.179 e. The predicted octanol–water partition coefficient (Wildman–Crippen LogP) is 4.20. The molecule has 0 saturated carbocycles. The predicted molar refractivity (Wildman–Crippen MR) is 134 cm³/mol. The van der Waals surface area contributed by atoms with E-state index in [1.54, 1.807) is 11.1 Å². The number of halogens is 2. The average molecular weight is 522 g/mol. The Morgan fingerprint density at radius 2 is 1.92 bits per heavy atom. The van der Waals surface area contributed by atoms with Crippen LogP contribution in [0.2, 0.25) is 0 Å². The summed E-state index contributed by atoms with van der Waals surface area (Å²) in [6, 6.07) is 3.38. The van der Waals surface area contributed by atoms with Gasteiger partial charge in [-0.1, -0.05) is 0 Å². The topological polar surface area (TPSA) is 92.3 Å². The van der Waals surface area contributed by atoms with E-state index in [4.69, 9.17) is 19.4 Å². The van der Waals surface area contributed by atoms with E-state index in [1.807, 2.05) is 10.9 Å². The number of piperidine rings is 1. The van der Waals surface area contributed by atoms with Crippen LogP contribution in [0.15, 0.2) is 30.6 Å². The van der Waals surface area contributed by atoms with Crippen molar-refractivity contribution in [2.75, 3.05) is 31.1 Å².